The van der Waals surface area contributed by atoms with E-state index in [0.29, 0.717) is 6.26 Å². The maximum absolute atomic E-state index is 10.5. The number of aliphatic hydroxyl groups is 1. The van der Waals surface area contributed by atoms with E-state index in [4.69, 9.17) is 20.4 Å². The lowest BCUT2D eigenvalue weighted by atomic mass is 10.1. The lowest BCUT2D eigenvalue weighted by molar-refractivity contribution is -0.132. The Balaban J connectivity index is 0.000000399. The first-order valence-corrected chi connectivity index (χ1v) is 4.91. The summed E-state index contributed by atoms with van der Waals surface area (Å²) >= 11 is 0. The molecule has 0 spiro atoms. The number of hydrogen-bond acceptors (Lipinski definition) is 4. The van der Waals surface area contributed by atoms with Gasteiger partial charge < -0.3 is 20.4 Å². The van der Waals surface area contributed by atoms with Gasteiger partial charge in [-0.15, -0.1) is 0 Å². The van der Waals surface area contributed by atoms with Gasteiger partial charge in [0.2, 0.25) is 0 Å². The second kappa shape index (κ2) is 7.49. The number of carboxylic acids is 3. The van der Waals surface area contributed by atoms with E-state index in [1.807, 2.05) is 0 Å². The number of rotatable bonds is 3. The number of aliphatic hydroxyl groups excluding tert-OH is 1. The zero-order valence-electron chi connectivity index (χ0n) is 9.90. The van der Waals surface area contributed by atoms with Crippen LogP contribution in [0.5, 0.6) is 0 Å². The van der Waals surface area contributed by atoms with E-state index in [9.17, 15) is 14.4 Å². The van der Waals surface area contributed by atoms with Crippen molar-refractivity contribution in [3.8, 4) is 0 Å². The summed E-state index contributed by atoms with van der Waals surface area (Å²) in [4.78, 5) is 30.6. The first-order valence-electron chi connectivity index (χ1n) is 4.91. The van der Waals surface area contributed by atoms with E-state index in [-0.39, 0.29) is 16.7 Å². The molecule has 0 radical (unpaired) electrons. The Morgan fingerprint density at radius 3 is 1.47 bits per heavy atom. The Bertz CT molecular complexity index is 484. The first kappa shape index (κ1) is 16.2. The summed E-state index contributed by atoms with van der Waals surface area (Å²) in [7, 11) is 0. The molecule has 0 aromatic heterocycles. The fourth-order valence-electron chi connectivity index (χ4n) is 0.911. The Morgan fingerprint density at radius 2 is 1.32 bits per heavy atom. The quantitative estimate of drug-likeness (QED) is 0.483. The normalized spacial score (nSPS) is 10.1. The van der Waals surface area contributed by atoms with Crippen molar-refractivity contribution in [3.63, 3.8) is 0 Å². The van der Waals surface area contributed by atoms with Gasteiger partial charge in [0.1, 0.15) is 0 Å². The lowest BCUT2D eigenvalue weighted by Crippen LogP contribution is -2.06. The van der Waals surface area contributed by atoms with Gasteiger partial charge in [0.15, 0.2) is 0 Å². The maximum atomic E-state index is 10.5. The average molecular weight is 268 g/mol. The third-order valence-electron chi connectivity index (χ3n) is 1.92. The lowest BCUT2D eigenvalue weighted by Gasteiger charge is -1.98. The number of carboxylic acid groups (broad SMARTS) is 3. The summed E-state index contributed by atoms with van der Waals surface area (Å²) in [6, 6.07) is 5.48. The summed E-state index contributed by atoms with van der Waals surface area (Å²) < 4.78 is 0. The van der Waals surface area contributed by atoms with Gasteiger partial charge in [0, 0.05) is 0 Å². The highest BCUT2D eigenvalue weighted by Crippen LogP contribution is 2.07. The van der Waals surface area contributed by atoms with Crippen molar-refractivity contribution in [2.24, 2.45) is 0 Å². The zero-order valence-corrected chi connectivity index (χ0v) is 9.90. The fraction of sp³-hybridized carbons (Fsp3) is 0.0833. The molecule has 0 aliphatic carbocycles. The summed E-state index contributed by atoms with van der Waals surface area (Å²) in [6.45, 7) is 1.31. The van der Waals surface area contributed by atoms with Crippen molar-refractivity contribution in [3.05, 3.63) is 47.2 Å². The molecule has 0 bridgehead atoms. The maximum Gasteiger partial charge on any atom is 0.336 e. The fourth-order valence-corrected chi connectivity index (χ4v) is 0.911. The molecule has 7 nitrogen and oxygen atoms in total. The molecule has 19 heavy (non-hydrogen) atoms. The van der Waals surface area contributed by atoms with Gasteiger partial charge in [-0.2, -0.15) is 0 Å². The van der Waals surface area contributed by atoms with Crippen molar-refractivity contribution in [2.75, 3.05) is 0 Å². The monoisotopic (exact) mass is 268 g/mol. The number of hydrogen-bond donors (Lipinski definition) is 4. The standard InChI is InChI=1S/C8H6O4.C4H6O3/c9-7(10)5-3-1-2-4-6(5)8(11)12;1-3(2-5)4(6)7/h1-4H,(H,9,10)(H,11,12);2,5H,1H3,(H,6,7). The van der Waals surface area contributed by atoms with Gasteiger partial charge in [-0.25, -0.2) is 14.4 Å². The van der Waals surface area contributed by atoms with E-state index in [1.165, 1.54) is 31.2 Å². The number of carbonyl (C=O) groups is 3. The minimum atomic E-state index is -1.23. The van der Waals surface area contributed by atoms with Crippen LogP contribution in [0.4, 0.5) is 0 Å². The van der Waals surface area contributed by atoms with E-state index >= 15 is 0 Å². The summed E-state index contributed by atoms with van der Waals surface area (Å²) in [6.07, 6.45) is 0.558. The molecule has 102 valence electrons. The van der Waals surface area contributed by atoms with Crippen LogP contribution in [-0.4, -0.2) is 38.3 Å². The molecule has 0 aliphatic heterocycles. The Labute approximate surface area is 108 Å². The van der Waals surface area contributed by atoms with E-state index < -0.39 is 17.9 Å². The van der Waals surface area contributed by atoms with Gasteiger partial charge in [-0.3, -0.25) is 0 Å². The molecule has 1 aromatic carbocycles. The molecular formula is C12H12O7. The van der Waals surface area contributed by atoms with Gasteiger partial charge in [0.05, 0.1) is 23.0 Å². The van der Waals surface area contributed by atoms with Crippen LogP contribution >= 0.6 is 0 Å². The van der Waals surface area contributed by atoms with Gasteiger partial charge >= 0.3 is 17.9 Å². The zero-order chi connectivity index (χ0) is 15.0. The summed E-state index contributed by atoms with van der Waals surface area (Å²) in [5.41, 5.74) is -0.435. The van der Waals surface area contributed by atoms with Crippen LogP contribution in [0.25, 0.3) is 0 Å². The SMILES string of the molecule is CC(=CO)C(=O)O.O=C(O)c1ccccc1C(=O)O. The third kappa shape index (κ3) is 5.35. The molecule has 0 heterocycles. The van der Waals surface area contributed by atoms with Crippen molar-refractivity contribution in [1.29, 1.82) is 0 Å². The predicted molar refractivity (Wildman–Crippen MR) is 64.4 cm³/mol. The van der Waals surface area contributed by atoms with E-state index in [0.717, 1.165) is 0 Å². The molecule has 7 heteroatoms. The molecule has 0 fully saturated rings. The van der Waals surface area contributed by atoms with Crippen LogP contribution in [0.3, 0.4) is 0 Å². The Hall–Kier alpha value is -2.83. The van der Waals surface area contributed by atoms with Gasteiger partial charge in [-0.1, -0.05) is 12.1 Å². The number of benzene rings is 1. The van der Waals surface area contributed by atoms with Crippen molar-refractivity contribution in [2.45, 2.75) is 6.92 Å². The molecular weight excluding hydrogens is 256 g/mol. The predicted octanol–water partition coefficient (Wildman–Crippen LogP) is 1.62. The van der Waals surface area contributed by atoms with Crippen molar-refractivity contribution < 1.29 is 34.8 Å². The van der Waals surface area contributed by atoms with Crippen molar-refractivity contribution in [1.82, 2.24) is 0 Å². The largest absolute Gasteiger partial charge is 0.515 e. The smallest absolute Gasteiger partial charge is 0.336 e. The van der Waals surface area contributed by atoms with E-state index in [1.54, 1.807) is 0 Å². The van der Waals surface area contributed by atoms with Crippen molar-refractivity contribution >= 4 is 17.9 Å². The van der Waals surface area contributed by atoms with Gasteiger partial charge in [-0.05, 0) is 19.1 Å². The second-order valence-electron chi connectivity index (χ2n) is 3.27. The van der Waals surface area contributed by atoms with Crippen LogP contribution < -0.4 is 0 Å². The highest BCUT2D eigenvalue weighted by molar-refractivity contribution is 6.01. The van der Waals surface area contributed by atoms with E-state index in [2.05, 4.69) is 0 Å². The molecule has 0 atom stereocenters. The van der Waals surface area contributed by atoms with Crippen LogP contribution in [0.15, 0.2) is 36.1 Å². The highest BCUT2D eigenvalue weighted by Gasteiger charge is 2.13. The number of aliphatic carboxylic acids is 1. The first-order chi connectivity index (χ1) is 8.81. The van der Waals surface area contributed by atoms with Crippen LogP contribution in [-0.2, 0) is 4.79 Å². The summed E-state index contributed by atoms with van der Waals surface area (Å²) in [5, 5.41) is 33.0. The second-order valence-corrected chi connectivity index (χ2v) is 3.27. The number of aromatic carboxylic acids is 2. The third-order valence-corrected chi connectivity index (χ3v) is 1.92. The van der Waals surface area contributed by atoms with Crippen LogP contribution in [0.2, 0.25) is 0 Å². The topological polar surface area (TPSA) is 132 Å². The average Bonchev–Trinajstić information content (AvgIpc) is 2.38. The molecule has 1 aromatic rings. The molecule has 0 saturated heterocycles. The molecule has 0 amide bonds. The highest BCUT2D eigenvalue weighted by atomic mass is 16.4. The molecule has 0 unspecified atom stereocenters. The van der Waals surface area contributed by atoms with Crippen LogP contribution in [0.1, 0.15) is 27.6 Å². The Morgan fingerprint density at radius 1 is 0.947 bits per heavy atom. The minimum Gasteiger partial charge on any atom is -0.515 e. The molecule has 0 saturated carbocycles. The molecule has 0 aliphatic rings. The molecule has 4 N–H and O–H groups in total. The Kier molecular flexibility index (Phi) is 6.37. The molecule has 1 rings (SSSR count). The van der Waals surface area contributed by atoms with Crippen LogP contribution in [0, 0.1) is 0 Å². The minimum absolute atomic E-state index is 0.0556. The van der Waals surface area contributed by atoms with Gasteiger partial charge in [0.25, 0.3) is 0 Å². The summed E-state index contributed by atoms with van der Waals surface area (Å²) in [5.74, 6) is -3.55.